The van der Waals surface area contributed by atoms with Crippen molar-refractivity contribution < 1.29 is 27.1 Å². The van der Waals surface area contributed by atoms with Crippen LogP contribution in [0.15, 0.2) is 42.5 Å². The molecule has 0 saturated heterocycles. The van der Waals surface area contributed by atoms with Gasteiger partial charge in [0.15, 0.2) is 5.82 Å². The molecule has 6 nitrogen and oxygen atoms in total. The Morgan fingerprint density at radius 2 is 1.59 bits per heavy atom. The second-order valence-corrected chi connectivity index (χ2v) is 5.80. The minimum absolute atomic E-state index is 0.0391. The van der Waals surface area contributed by atoms with Gasteiger partial charge in [-0.05, 0) is 24.3 Å². The number of pyridine rings is 1. The molecule has 2 aromatic heterocycles. The number of nitrogens with one attached hydrogen (secondary N) is 2. The summed E-state index contributed by atoms with van der Waals surface area (Å²) in [6.07, 6.45) is -4.65. The molecule has 0 atom stereocenters. The van der Waals surface area contributed by atoms with Crippen LogP contribution in [0, 0.1) is 11.6 Å². The third-order valence-corrected chi connectivity index (χ3v) is 3.55. The lowest BCUT2D eigenvalue weighted by Crippen LogP contribution is -2.11. The predicted octanol–water partition coefficient (Wildman–Crippen LogP) is 3.98. The fourth-order valence-electron chi connectivity index (χ4n) is 2.39. The monoisotopic (exact) mass is 411 g/mol. The lowest BCUT2D eigenvalue weighted by molar-refractivity contribution is -0.141. The minimum atomic E-state index is -4.65. The molecule has 0 aliphatic carbocycles. The molecular formula is C18H14F5N5O. The second-order valence-electron chi connectivity index (χ2n) is 5.80. The molecule has 0 amide bonds. The quantitative estimate of drug-likeness (QED) is 0.533. The summed E-state index contributed by atoms with van der Waals surface area (Å²) < 4.78 is 65.7. The Morgan fingerprint density at radius 3 is 2.24 bits per heavy atom. The maximum atomic E-state index is 13.4. The lowest BCUT2D eigenvalue weighted by Gasteiger charge is -2.12. The lowest BCUT2D eigenvalue weighted by atomic mass is 10.2. The number of alkyl halides is 3. The fourth-order valence-corrected chi connectivity index (χ4v) is 2.39. The Bertz CT molecular complexity index is 992. The standard InChI is InChI=1S/C18H14F5N5O/c19-10-6-11(20)8-12(7-10)25-16-9-15(24-4-5-29)27-17(28-16)13-2-1-3-14(26-13)18(21,22)23/h1-3,6-9,29H,4-5H2,(H2,24,25,27,28). The molecule has 152 valence electrons. The highest BCUT2D eigenvalue weighted by molar-refractivity contribution is 5.63. The largest absolute Gasteiger partial charge is 0.433 e. The highest BCUT2D eigenvalue weighted by Crippen LogP contribution is 2.29. The van der Waals surface area contributed by atoms with Gasteiger partial charge in [-0.1, -0.05) is 6.07 Å². The number of aromatic nitrogens is 3. The Balaban J connectivity index is 2.02. The molecule has 0 aliphatic heterocycles. The van der Waals surface area contributed by atoms with Gasteiger partial charge in [-0.3, -0.25) is 0 Å². The molecule has 0 aliphatic rings. The van der Waals surface area contributed by atoms with Crippen molar-refractivity contribution in [1.29, 1.82) is 0 Å². The van der Waals surface area contributed by atoms with E-state index in [4.69, 9.17) is 5.11 Å². The van der Waals surface area contributed by atoms with E-state index in [2.05, 4.69) is 25.6 Å². The summed E-state index contributed by atoms with van der Waals surface area (Å²) in [4.78, 5) is 11.7. The number of aliphatic hydroxyl groups excluding tert-OH is 1. The van der Waals surface area contributed by atoms with Crippen molar-refractivity contribution in [1.82, 2.24) is 15.0 Å². The van der Waals surface area contributed by atoms with Crippen LogP contribution in [0.4, 0.5) is 39.3 Å². The second kappa shape index (κ2) is 8.35. The molecule has 1 aromatic carbocycles. The summed E-state index contributed by atoms with van der Waals surface area (Å²) in [6, 6.07) is 7.38. The summed E-state index contributed by atoms with van der Waals surface area (Å²) in [5.74, 6) is -1.57. The molecule has 29 heavy (non-hydrogen) atoms. The van der Waals surface area contributed by atoms with Crippen molar-refractivity contribution in [3.63, 3.8) is 0 Å². The third kappa shape index (κ3) is 5.35. The van der Waals surface area contributed by atoms with E-state index in [1.807, 2.05) is 0 Å². The molecule has 0 radical (unpaired) electrons. The highest BCUT2D eigenvalue weighted by Gasteiger charge is 2.32. The van der Waals surface area contributed by atoms with Gasteiger partial charge < -0.3 is 15.7 Å². The normalized spacial score (nSPS) is 11.4. The summed E-state index contributed by atoms with van der Waals surface area (Å²) in [5, 5.41) is 14.4. The van der Waals surface area contributed by atoms with Gasteiger partial charge in [-0.15, -0.1) is 0 Å². The van der Waals surface area contributed by atoms with Crippen molar-refractivity contribution in [2.75, 3.05) is 23.8 Å². The van der Waals surface area contributed by atoms with Crippen LogP contribution in [0.3, 0.4) is 0 Å². The molecule has 2 heterocycles. The van der Waals surface area contributed by atoms with Crippen LogP contribution in [-0.2, 0) is 6.18 Å². The van der Waals surface area contributed by atoms with E-state index in [1.165, 1.54) is 12.1 Å². The van der Waals surface area contributed by atoms with Crippen molar-refractivity contribution >= 4 is 17.3 Å². The summed E-state index contributed by atoms with van der Waals surface area (Å²) in [6.45, 7) is -0.112. The molecule has 11 heteroatoms. The van der Waals surface area contributed by atoms with Crippen LogP contribution in [0.25, 0.3) is 11.5 Å². The Kier molecular flexibility index (Phi) is 5.87. The van der Waals surface area contributed by atoms with Crippen LogP contribution < -0.4 is 10.6 Å². The molecule has 0 bridgehead atoms. The molecular weight excluding hydrogens is 397 g/mol. The topological polar surface area (TPSA) is 83.0 Å². The first-order valence-electron chi connectivity index (χ1n) is 8.26. The van der Waals surface area contributed by atoms with Crippen molar-refractivity contribution in [3.8, 4) is 11.5 Å². The van der Waals surface area contributed by atoms with E-state index in [1.54, 1.807) is 0 Å². The van der Waals surface area contributed by atoms with E-state index in [0.29, 0.717) is 6.07 Å². The van der Waals surface area contributed by atoms with E-state index in [-0.39, 0.29) is 42.0 Å². The van der Waals surface area contributed by atoms with Gasteiger partial charge >= 0.3 is 6.18 Å². The molecule has 0 saturated carbocycles. The average Bonchev–Trinajstić information content (AvgIpc) is 2.65. The first-order chi connectivity index (χ1) is 13.7. The average molecular weight is 411 g/mol. The molecule has 3 rings (SSSR count). The molecule has 0 spiro atoms. The fraction of sp³-hybridized carbons (Fsp3) is 0.167. The smallest absolute Gasteiger partial charge is 0.395 e. The molecule has 0 unspecified atom stereocenters. The Morgan fingerprint density at radius 1 is 0.897 bits per heavy atom. The number of anilines is 3. The van der Waals surface area contributed by atoms with Crippen LogP contribution in [-0.4, -0.2) is 33.2 Å². The minimum Gasteiger partial charge on any atom is -0.395 e. The van der Waals surface area contributed by atoms with Gasteiger partial charge in [-0.25, -0.2) is 23.7 Å². The van der Waals surface area contributed by atoms with Gasteiger partial charge in [0.2, 0.25) is 0 Å². The summed E-state index contributed by atoms with van der Waals surface area (Å²) in [5.41, 5.74) is -1.23. The number of aliphatic hydroxyl groups is 1. The number of hydrogen-bond acceptors (Lipinski definition) is 6. The van der Waals surface area contributed by atoms with Crippen LogP contribution >= 0.6 is 0 Å². The van der Waals surface area contributed by atoms with Crippen molar-refractivity contribution in [2.45, 2.75) is 6.18 Å². The SMILES string of the molecule is OCCNc1cc(Nc2cc(F)cc(F)c2)nc(-c2cccc(C(F)(F)F)n2)n1. The van der Waals surface area contributed by atoms with Gasteiger partial charge in [0.25, 0.3) is 0 Å². The Labute approximate surface area is 161 Å². The summed E-state index contributed by atoms with van der Waals surface area (Å²) in [7, 11) is 0. The van der Waals surface area contributed by atoms with Crippen molar-refractivity contribution in [2.24, 2.45) is 0 Å². The van der Waals surface area contributed by atoms with E-state index < -0.39 is 23.5 Å². The van der Waals surface area contributed by atoms with Gasteiger partial charge in [0, 0.05) is 24.4 Å². The first kappa shape index (κ1) is 20.4. The van der Waals surface area contributed by atoms with Crippen molar-refractivity contribution in [3.05, 3.63) is 59.8 Å². The predicted molar refractivity (Wildman–Crippen MR) is 95.5 cm³/mol. The van der Waals surface area contributed by atoms with E-state index in [9.17, 15) is 22.0 Å². The van der Waals surface area contributed by atoms with Crippen LogP contribution in [0.1, 0.15) is 5.69 Å². The number of nitrogens with zero attached hydrogens (tertiary/aromatic N) is 3. The maximum absolute atomic E-state index is 13.4. The molecule has 3 aromatic rings. The zero-order valence-corrected chi connectivity index (χ0v) is 14.6. The summed E-state index contributed by atoms with van der Waals surface area (Å²) >= 11 is 0. The number of hydrogen-bond donors (Lipinski definition) is 3. The zero-order valence-electron chi connectivity index (χ0n) is 14.6. The number of rotatable bonds is 6. The molecule has 3 N–H and O–H groups in total. The van der Waals surface area contributed by atoms with Gasteiger partial charge in [0.1, 0.15) is 34.7 Å². The van der Waals surface area contributed by atoms with E-state index in [0.717, 1.165) is 24.3 Å². The maximum Gasteiger partial charge on any atom is 0.433 e. The Hall–Kier alpha value is -3.34. The number of halogens is 5. The van der Waals surface area contributed by atoms with E-state index >= 15 is 0 Å². The van der Waals surface area contributed by atoms with Crippen LogP contribution in [0.5, 0.6) is 0 Å². The number of benzene rings is 1. The highest BCUT2D eigenvalue weighted by atomic mass is 19.4. The van der Waals surface area contributed by atoms with Gasteiger partial charge in [-0.2, -0.15) is 13.2 Å². The third-order valence-electron chi connectivity index (χ3n) is 3.55. The zero-order chi connectivity index (χ0) is 21.0. The first-order valence-corrected chi connectivity index (χ1v) is 8.26. The van der Waals surface area contributed by atoms with Gasteiger partial charge in [0.05, 0.1) is 6.61 Å². The van der Waals surface area contributed by atoms with Crippen LogP contribution in [0.2, 0.25) is 0 Å². The molecule has 0 fully saturated rings.